The molecule has 0 aliphatic rings. The highest BCUT2D eigenvalue weighted by Gasteiger charge is 2.23. The van der Waals surface area contributed by atoms with Crippen molar-refractivity contribution in [3.63, 3.8) is 0 Å². The van der Waals surface area contributed by atoms with Crippen molar-refractivity contribution in [3.8, 4) is 0 Å². The third-order valence-corrected chi connectivity index (χ3v) is 2.91. The Hall–Kier alpha value is -1.40. The van der Waals surface area contributed by atoms with Crippen molar-refractivity contribution in [1.29, 1.82) is 0 Å². The predicted octanol–water partition coefficient (Wildman–Crippen LogP) is 1.82. The van der Waals surface area contributed by atoms with Crippen molar-refractivity contribution >= 4 is 27.8 Å². The number of hydrogen-bond donors (Lipinski definition) is 1. The van der Waals surface area contributed by atoms with Crippen LogP contribution in [0.4, 0.5) is 0 Å². The molecule has 0 heterocycles. The van der Waals surface area contributed by atoms with Gasteiger partial charge in [0.05, 0.1) is 7.11 Å². The first-order valence-corrected chi connectivity index (χ1v) is 6.58. The molecular formula is C13H16BrNO4. The van der Waals surface area contributed by atoms with Crippen LogP contribution in [0.25, 0.3) is 0 Å². The number of halogens is 1. The highest BCUT2D eigenvalue weighted by molar-refractivity contribution is 9.10. The van der Waals surface area contributed by atoms with Crippen molar-refractivity contribution in [1.82, 2.24) is 5.32 Å². The van der Waals surface area contributed by atoms with E-state index < -0.39 is 12.0 Å². The summed E-state index contributed by atoms with van der Waals surface area (Å²) in [7, 11) is 1.28. The van der Waals surface area contributed by atoms with Gasteiger partial charge in [-0.3, -0.25) is 4.79 Å². The fraction of sp³-hybridized carbons (Fsp3) is 0.385. The van der Waals surface area contributed by atoms with Crippen LogP contribution in [0.2, 0.25) is 0 Å². The molecule has 0 spiro atoms. The maximum Gasteiger partial charge on any atom is 0.333 e. The summed E-state index contributed by atoms with van der Waals surface area (Å²) in [5.74, 6) is -0.882. The molecule has 1 amide bonds. The van der Waals surface area contributed by atoms with Gasteiger partial charge in [0.25, 0.3) is 0 Å². The smallest absolute Gasteiger partial charge is 0.333 e. The number of rotatable bonds is 6. The number of esters is 1. The van der Waals surface area contributed by atoms with Gasteiger partial charge in [-0.25, -0.2) is 4.79 Å². The van der Waals surface area contributed by atoms with Gasteiger partial charge in [-0.05, 0) is 24.6 Å². The number of benzene rings is 1. The molecule has 1 aromatic rings. The Labute approximate surface area is 120 Å². The molecule has 19 heavy (non-hydrogen) atoms. The van der Waals surface area contributed by atoms with E-state index in [0.717, 1.165) is 4.47 Å². The second-order valence-electron chi connectivity index (χ2n) is 3.71. The Balaban J connectivity index is 2.80. The second kappa shape index (κ2) is 7.91. The number of carbonyl (C=O) groups is 2. The zero-order valence-corrected chi connectivity index (χ0v) is 12.4. The topological polar surface area (TPSA) is 64.6 Å². The number of carbonyl (C=O) groups excluding carboxylic acids is 2. The predicted molar refractivity (Wildman–Crippen MR) is 73.5 cm³/mol. The first-order valence-electron chi connectivity index (χ1n) is 5.79. The highest BCUT2D eigenvalue weighted by atomic mass is 79.9. The van der Waals surface area contributed by atoms with Crippen LogP contribution in [0.3, 0.4) is 0 Å². The fourth-order valence-electron chi connectivity index (χ4n) is 1.45. The molecule has 0 saturated heterocycles. The highest BCUT2D eigenvalue weighted by Crippen LogP contribution is 2.18. The molecule has 6 heteroatoms. The third kappa shape index (κ3) is 5.00. The summed E-state index contributed by atoms with van der Waals surface area (Å²) in [4.78, 5) is 23.3. The molecule has 0 fully saturated rings. The second-order valence-corrected chi connectivity index (χ2v) is 4.63. The molecule has 0 saturated carbocycles. The molecule has 1 atom stereocenters. The van der Waals surface area contributed by atoms with Crippen LogP contribution in [-0.2, 0) is 19.1 Å². The van der Waals surface area contributed by atoms with Gasteiger partial charge >= 0.3 is 5.97 Å². The molecule has 5 nitrogen and oxygen atoms in total. The summed E-state index contributed by atoms with van der Waals surface area (Å²) >= 11 is 3.31. The monoisotopic (exact) mass is 329 g/mol. The molecule has 0 aliphatic heterocycles. The van der Waals surface area contributed by atoms with Crippen molar-refractivity contribution in [2.75, 3.05) is 20.3 Å². The van der Waals surface area contributed by atoms with Gasteiger partial charge < -0.3 is 14.8 Å². The van der Waals surface area contributed by atoms with Crippen molar-refractivity contribution < 1.29 is 19.1 Å². The van der Waals surface area contributed by atoms with E-state index in [4.69, 9.17) is 9.47 Å². The molecule has 104 valence electrons. The van der Waals surface area contributed by atoms with Crippen LogP contribution >= 0.6 is 15.9 Å². The van der Waals surface area contributed by atoms with Crippen LogP contribution in [-0.4, -0.2) is 32.2 Å². The van der Waals surface area contributed by atoms with Crippen LogP contribution in [0.5, 0.6) is 0 Å². The van der Waals surface area contributed by atoms with Gasteiger partial charge in [0.1, 0.15) is 6.61 Å². The number of hydrogen-bond acceptors (Lipinski definition) is 4. The maximum absolute atomic E-state index is 11.7. The zero-order chi connectivity index (χ0) is 14.3. The Morgan fingerprint density at radius 1 is 1.32 bits per heavy atom. The van der Waals surface area contributed by atoms with Crippen LogP contribution in [0, 0.1) is 0 Å². The number of nitrogens with one attached hydrogen (secondary N) is 1. The largest absolute Gasteiger partial charge is 0.467 e. The Morgan fingerprint density at radius 2 is 1.95 bits per heavy atom. The van der Waals surface area contributed by atoms with Crippen LogP contribution in [0.15, 0.2) is 28.7 Å². The fourth-order valence-corrected chi connectivity index (χ4v) is 1.71. The molecule has 0 unspecified atom stereocenters. The van der Waals surface area contributed by atoms with Crippen molar-refractivity contribution in [2.45, 2.75) is 13.0 Å². The lowest BCUT2D eigenvalue weighted by molar-refractivity contribution is -0.145. The van der Waals surface area contributed by atoms with E-state index in [1.807, 2.05) is 0 Å². The summed E-state index contributed by atoms with van der Waals surface area (Å²) in [6, 6.07) is 6.24. The molecule has 0 aromatic heterocycles. The van der Waals surface area contributed by atoms with Gasteiger partial charge in [-0.15, -0.1) is 0 Å². The summed E-state index contributed by atoms with van der Waals surface area (Å²) in [5, 5.41) is 2.58. The summed E-state index contributed by atoms with van der Waals surface area (Å²) < 4.78 is 10.6. The van der Waals surface area contributed by atoms with E-state index in [2.05, 4.69) is 21.2 Å². The first kappa shape index (κ1) is 15.7. The normalized spacial score (nSPS) is 11.7. The molecule has 0 aliphatic carbocycles. The Bertz CT molecular complexity index is 433. The van der Waals surface area contributed by atoms with Crippen LogP contribution in [0.1, 0.15) is 18.5 Å². The minimum atomic E-state index is -0.828. The SMILES string of the molecule is CCOCC(=O)N[C@@H](C(=O)OC)c1ccc(Br)cc1. The number of methoxy groups -OCH3 is 1. The van der Waals surface area contributed by atoms with Gasteiger partial charge in [-0.2, -0.15) is 0 Å². The third-order valence-electron chi connectivity index (χ3n) is 2.38. The minimum absolute atomic E-state index is 0.0828. The molecule has 1 rings (SSSR count). The molecule has 1 aromatic carbocycles. The lowest BCUT2D eigenvalue weighted by Gasteiger charge is -2.17. The van der Waals surface area contributed by atoms with E-state index in [9.17, 15) is 9.59 Å². The summed E-state index contributed by atoms with van der Waals surface area (Å²) in [6.07, 6.45) is 0. The first-order chi connectivity index (χ1) is 9.08. The standard InChI is InChI=1S/C13H16BrNO4/c1-3-19-8-11(16)15-12(13(17)18-2)9-4-6-10(14)7-5-9/h4-7,12H,3,8H2,1-2H3,(H,15,16)/t12-/m1/s1. The molecular weight excluding hydrogens is 314 g/mol. The van der Waals surface area contributed by atoms with Gasteiger partial charge in [0.2, 0.25) is 5.91 Å². The average Bonchev–Trinajstić information content (AvgIpc) is 2.42. The van der Waals surface area contributed by atoms with Gasteiger partial charge in [0.15, 0.2) is 6.04 Å². The van der Waals surface area contributed by atoms with E-state index in [1.54, 1.807) is 31.2 Å². The summed E-state index contributed by atoms with van der Waals surface area (Å²) in [5.41, 5.74) is 0.653. The molecule has 0 bridgehead atoms. The average molecular weight is 330 g/mol. The number of amides is 1. The zero-order valence-electron chi connectivity index (χ0n) is 10.8. The van der Waals surface area contributed by atoms with E-state index in [0.29, 0.717) is 12.2 Å². The van der Waals surface area contributed by atoms with Crippen LogP contribution < -0.4 is 5.32 Å². The van der Waals surface area contributed by atoms with Gasteiger partial charge in [0, 0.05) is 11.1 Å². The molecule has 1 N–H and O–H groups in total. The lowest BCUT2D eigenvalue weighted by atomic mass is 10.1. The summed E-state index contributed by atoms with van der Waals surface area (Å²) in [6.45, 7) is 2.15. The van der Waals surface area contributed by atoms with E-state index in [-0.39, 0.29) is 12.5 Å². The maximum atomic E-state index is 11.7. The Morgan fingerprint density at radius 3 is 2.47 bits per heavy atom. The van der Waals surface area contributed by atoms with E-state index in [1.165, 1.54) is 7.11 Å². The van der Waals surface area contributed by atoms with E-state index >= 15 is 0 Å². The lowest BCUT2D eigenvalue weighted by Crippen LogP contribution is -2.36. The molecule has 0 radical (unpaired) electrons. The number of ether oxygens (including phenoxy) is 2. The van der Waals surface area contributed by atoms with Crippen molar-refractivity contribution in [2.24, 2.45) is 0 Å². The van der Waals surface area contributed by atoms with Gasteiger partial charge in [-0.1, -0.05) is 28.1 Å². The van der Waals surface area contributed by atoms with Crippen molar-refractivity contribution in [3.05, 3.63) is 34.3 Å². The Kier molecular flexibility index (Phi) is 6.52. The minimum Gasteiger partial charge on any atom is -0.467 e. The quantitative estimate of drug-likeness (QED) is 0.808.